The van der Waals surface area contributed by atoms with Gasteiger partial charge in [0.05, 0.1) is 17.2 Å². The number of H-pyrrole nitrogens is 1. The third-order valence-electron chi connectivity index (χ3n) is 6.20. The highest BCUT2D eigenvalue weighted by Gasteiger charge is 2.19. The number of amides is 1. The summed E-state index contributed by atoms with van der Waals surface area (Å²) in [7, 11) is 1.72. The number of hydrogen-bond acceptors (Lipinski definition) is 8. The van der Waals surface area contributed by atoms with Crippen LogP contribution in [0.3, 0.4) is 0 Å². The van der Waals surface area contributed by atoms with Crippen LogP contribution in [0.5, 0.6) is 0 Å². The Morgan fingerprint density at radius 1 is 1.08 bits per heavy atom. The van der Waals surface area contributed by atoms with E-state index in [0.29, 0.717) is 39.3 Å². The van der Waals surface area contributed by atoms with E-state index in [1.54, 1.807) is 28.6 Å². The van der Waals surface area contributed by atoms with Crippen LogP contribution in [0.2, 0.25) is 0 Å². The quantitative estimate of drug-likeness (QED) is 0.166. The van der Waals surface area contributed by atoms with Crippen LogP contribution in [0.4, 0.5) is 5.69 Å². The fourth-order valence-corrected chi connectivity index (χ4v) is 5.18. The van der Waals surface area contributed by atoms with Gasteiger partial charge in [0.25, 0.3) is 17.4 Å². The number of non-ortho nitro benzene ring substituents is 1. The lowest BCUT2D eigenvalue weighted by atomic mass is 10.1. The molecule has 0 bridgehead atoms. The van der Waals surface area contributed by atoms with Crippen molar-refractivity contribution in [2.24, 2.45) is 0 Å². The molecule has 3 heterocycles. The van der Waals surface area contributed by atoms with E-state index in [9.17, 15) is 14.9 Å². The minimum Gasteiger partial charge on any atom is -0.344 e. The van der Waals surface area contributed by atoms with Crippen LogP contribution in [-0.2, 0) is 12.3 Å². The second-order valence-electron chi connectivity index (χ2n) is 9.22. The van der Waals surface area contributed by atoms with Gasteiger partial charge in [0.15, 0.2) is 0 Å². The van der Waals surface area contributed by atoms with Gasteiger partial charge in [-0.05, 0) is 38.5 Å². The fraction of sp³-hybridized carbons (Fsp3) is 0.222. The van der Waals surface area contributed by atoms with Crippen molar-refractivity contribution in [1.82, 2.24) is 34.4 Å². The molecular weight excluding hydrogens is 516 g/mol. The normalized spacial score (nSPS) is 11.2. The highest BCUT2D eigenvalue weighted by molar-refractivity contribution is 7.98. The third kappa shape index (κ3) is 5.50. The number of nitrogens with zero attached hydrogens (tertiary/aromatic N) is 7. The summed E-state index contributed by atoms with van der Waals surface area (Å²) in [4.78, 5) is 42.6. The number of thioether (sulfide) groups is 1. The average Bonchev–Trinajstić information content (AvgIpc) is 3.50. The van der Waals surface area contributed by atoms with Gasteiger partial charge in [0.1, 0.15) is 5.82 Å². The van der Waals surface area contributed by atoms with E-state index in [1.807, 2.05) is 51.1 Å². The lowest BCUT2D eigenvalue weighted by Crippen LogP contribution is -2.27. The van der Waals surface area contributed by atoms with Crippen LogP contribution in [-0.4, -0.2) is 52.3 Å². The van der Waals surface area contributed by atoms with Gasteiger partial charge in [-0.15, -0.1) is 5.10 Å². The van der Waals surface area contributed by atoms with Crippen LogP contribution < -0.4 is 0 Å². The molecule has 5 rings (SSSR count). The van der Waals surface area contributed by atoms with Crippen molar-refractivity contribution in [3.05, 3.63) is 98.7 Å². The molecule has 0 saturated heterocycles. The molecule has 198 valence electrons. The van der Waals surface area contributed by atoms with E-state index >= 15 is 0 Å². The number of nitro benzene ring substituents is 1. The number of nitrogens with one attached hydrogen (secondary N) is 1. The number of benzene rings is 2. The number of aryl methyl sites for hydroxylation is 3. The van der Waals surface area contributed by atoms with E-state index in [0.717, 1.165) is 22.6 Å². The van der Waals surface area contributed by atoms with Gasteiger partial charge in [-0.25, -0.2) is 14.5 Å². The maximum Gasteiger partial charge on any atom is 0.270 e. The molecule has 0 aliphatic rings. The Morgan fingerprint density at radius 3 is 2.67 bits per heavy atom. The molecule has 0 saturated carbocycles. The zero-order chi connectivity index (χ0) is 27.7. The summed E-state index contributed by atoms with van der Waals surface area (Å²) in [5, 5.41) is 16.3. The molecule has 1 amide bonds. The van der Waals surface area contributed by atoms with Crippen molar-refractivity contribution >= 4 is 29.1 Å². The average molecular weight is 543 g/mol. The monoisotopic (exact) mass is 542 g/mol. The smallest absolute Gasteiger partial charge is 0.270 e. The number of imidazole rings is 1. The largest absolute Gasteiger partial charge is 0.344 e. The van der Waals surface area contributed by atoms with E-state index in [-0.39, 0.29) is 18.1 Å². The molecule has 11 nitrogen and oxygen atoms in total. The van der Waals surface area contributed by atoms with Crippen molar-refractivity contribution in [2.75, 3.05) is 7.05 Å². The molecule has 0 aliphatic carbocycles. The first-order chi connectivity index (χ1) is 18.7. The SMILES string of the molecule is Cc1cc(C)n2nc(SCc3ccccc3C(=O)N(C)Cc3nc(-c4cccc([N+](=O)[O-])c4)c(C)[nH]3)nc2n1. The van der Waals surface area contributed by atoms with E-state index in [4.69, 9.17) is 0 Å². The molecule has 2 aromatic carbocycles. The van der Waals surface area contributed by atoms with Gasteiger partial charge >= 0.3 is 0 Å². The zero-order valence-electron chi connectivity index (χ0n) is 21.9. The lowest BCUT2D eigenvalue weighted by molar-refractivity contribution is -0.384. The Balaban J connectivity index is 1.31. The summed E-state index contributed by atoms with van der Waals surface area (Å²) < 4.78 is 1.72. The number of nitro groups is 1. The molecule has 39 heavy (non-hydrogen) atoms. The molecule has 0 radical (unpaired) electrons. The molecular formula is C27H26N8O3S. The molecule has 3 aromatic heterocycles. The predicted octanol–water partition coefficient (Wildman–Crippen LogP) is 4.91. The zero-order valence-corrected chi connectivity index (χ0v) is 22.7. The van der Waals surface area contributed by atoms with Gasteiger partial charge in [-0.1, -0.05) is 42.1 Å². The van der Waals surface area contributed by atoms with Crippen molar-refractivity contribution in [3.8, 4) is 11.3 Å². The topological polar surface area (TPSA) is 135 Å². The first-order valence-electron chi connectivity index (χ1n) is 12.2. The molecule has 0 fully saturated rings. The van der Waals surface area contributed by atoms with Crippen LogP contribution >= 0.6 is 11.8 Å². The van der Waals surface area contributed by atoms with Crippen molar-refractivity contribution in [3.63, 3.8) is 0 Å². The molecule has 0 spiro atoms. The van der Waals surface area contributed by atoms with Crippen LogP contribution in [0, 0.1) is 30.9 Å². The third-order valence-corrected chi connectivity index (χ3v) is 7.09. The van der Waals surface area contributed by atoms with Crippen molar-refractivity contribution < 1.29 is 9.72 Å². The molecule has 12 heteroatoms. The van der Waals surface area contributed by atoms with Gasteiger partial charge in [-0.3, -0.25) is 14.9 Å². The minimum atomic E-state index is -0.432. The van der Waals surface area contributed by atoms with Crippen LogP contribution in [0.1, 0.15) is 38.8 Å². The van der Waals surface area contributed by atoms with Gasteiger partial charge < -0.3 is 9.88 Å². The summed E-state index contributed by atoms with van der Waals surface area (Å²) in [5.74, 6) is 1.51. The number of fused-ring (bicyclic) bond motifs is 1. The van der Waals surface area contributed by atoms with Gasteiger partial charge in [0.2, 0.25) is 5.16 Å². The number of hydrogen-bond donors (Lipinski definition) is 1. The maximum atomic E-state index is 13.4. The highest BCUT2D eigenvalue weighted by atomic mass is 32.2. The van der Waals surface area contributed by atoms with Gasteiger partial charge in [0, 0.05) is 53.1 Å². The van der Waals surface area contributed by atoms with E-state index in [1.165, 1.54) is 23.9 Å². The first kappa shape index (κ1) is 26.0. The Hall–Kier alpha value is -4.58. The predicted molar refractivity (Wildman–Crippen MR) is 147 cm³/mol. The van der Waals surface area contributed by atoms with Crippen molar-refractivity contribution in [1.29, 1.82) is 0 Å². The van der Waals surface area contributed by atoms with E-state index < -0.39 is 4.92 Å². The molecule has 5 aromatic rings. The first-order valence-corrected chi connectivity index (χ1v) is 13.2. The maximum absolute atomic E-state index is 13.4. The summed E-state index contributed by atoms with van der Waals surface area (Å²) in [5.41, 5.74) is 5.31. The Kier molecular flexibility index (Phi) is 7.11. The molecule has 0 aliphatic heterocycles. The second kappa shape index (κ2) is 10.7. The highest BCUT2D eigenvalue weighted by Crippen LogP contribution is 2.26. The molecule has 1 N–H and O–H groups in total. The second-order valence-corrected chi connectivity index (χ2v) is 10.2. The summed E-state index contributed by atoms with van der Waals surface area (Å²) in [6, 6.07) is 15.8. The number of rotatable bonds is 8. The van der Waals surface area contributed by atoms with Gasteiger partial charge in [-0.2, -0.15) is 4.98 Å². The number of carbonyl (C=O) groups is 1. The number of carbonyl (C=O) groups excluding carboxylic acids is 1. The number of aromatic nitrogens is 6. The summed E-state index contributed by atoms with van der Waals surface area (Å²) in [6.07, 6.45) is 0. The van der Waals surface area contributed by atoms with E-state index in [2.05, 4.69) is 25.0 Å². The summed E-state index contributed by atoms with van der Waals surface area (Å²) in [6.45, 7) is 5.98. The molecule has 0 unspecified atom stereocenters. The Labute approximate surface area is 228 Å². The standard InChI is InChI=1S/C27H26N8O3S/c1-16-12-17(2)34-26(28-16)31-27(32-34)39-15-20-8-5-6-11-22(20)25(36)33(4)14-23-29-18(3)24(30-23)19-9-7-10-21(13-19)35(37)38/h5-13H,14-15H2,1-4H3,(H,29,30). The molecule has 0 atom stereocenters. The number of aromatic amines is 1. The summed E-state index contributed by atoms with van der Waals surface area (Å²) >= 11 is 1.45. The Morgan fingerprint density at radius 2 is 1.87 bits per heavy atom. The van der Waals surface area contributed by atoms with Crippen LogP contribution in [0.25, 0.3) is 17.0 Å². The van der Waals surface area contributed by atoms with Crippen molar-refractivity contribution in [2.45, 2.75) is 38.2 Å². The Bertz CT molecular complexity index is 1710. The van der Waals surface area contributed by atoms with Crippen LogP contribution in [0.15, 0.2) is 59.8 Å². The fourth-order valence-electron chi connectivity index (χ4n) is 4.35. The minimum absolute atomic E-state index is 0.00132. The lowest BCUT2D eigenvalue weighted by Gasteiger charge is -2.18.